The number of hydrogen-bond donors (Lipinski definition) is 1. The molecule has 0 bridgehead atoms. The number of amides is 1. The van der Waals surface area contributed by atoms with Gasteiger partial charge in [0.25, 0.3) is 0 Å². The summed E-state index contributed by atoms with van der Waals surface area (Å²) in [5, 5.41) is 9.18. The van der Waals surface area contributed by atoms with E-state index in [-0.39, 0.29) is 11.8 Å². The summed E-state index contributed by atoms with van der Waals surface area (Å²) in [7, 11) is 0. The van der Waals surface area contributed by atoms with E-state index >= 15 is 0 Å². The Morgan fingerprint density at radius 1 is 1.50 bits per heavy atom. The molecule has 1 unspecified atom stereocenters. The third-order valence-corrected chi connectivity index (χ3v) is 4.02. The van der Waals surface area contributed by atoms with Gasteiger partial charge in [0.2, 0.25) is 5.91 Å². The lowest BCUT2D eigenvalue weighted by molar-refractivity contribution is -0.117. The summed E-state index contributed by atoms with van der Waals surface area (Å²) in [6.07, 6.45) is 0.448. The number of carbonyl (C=O) groups excluding carboxylic acids is 1. The zero-order valence-electron chi connectivity index (χ0n) is 9.49. The maximum atomic E-state index is 12.0. The first-order valence-electron chi connectivity index (χ1n) is 5.46. The molecule has 6 heteroatoms. The second-order valence-corrected chi connectivity index (χ2v) is 5.98. The summed E-state index contributed by atoms with van der Waals surface area (Å²) in [6, 6.07) is 5.67. The molecule has 1 aromatic carbocycles. The van der Waals surface area contributed by atoms with Gasteiger partial charge in [-0.05, 0) is 40.5 Å². The van der Waals surface area contributed by atoms with Gasteiger partial charge in [-0.2, -0.15) is 5.26 Å². The molecule has 1 atom stereocenters. The quantitative estimate of drug-likeness (QED) is 0.866. The van der Waals surface area contributed by atoms with Crippen molar-refractivity contribution in [2.75, 3.05) is 18.0 Å². The third-order valence-electron chi connectivity index (χ3n) is 2.96. The van der Waals surface area contributed by atoms with Crippen LogP contribution in [0.15, 0.2) is 21.1 Å². The van der Waals surface area contributed by atoms with E-state index < -0.39 is 0 Å². The monoisotopic (exact) mass is 371 g/mol. The van der Waals surface area contributed by atoms with Crippen molar-refractivity contribution in [1.29, 1.82) is 5.26 Å². The molecule has 0 radical (unpaired) electrons. The Labute approximate surface area is 122 Å². The molecule has 0 aliphatic carbocycles. The molecule has 1 fully saturated rings. The van der Waals surface area contributed by atoms with Gasteiger partial charge in [0, 0.05) is 21.9 Å². The average molecular weight is 373 g/mol. The summed E-state index contributed by atoms with van der Waals surface area (Å²) < 4.78 is 1.54. The fourth-order valence-electron chi connectivity index (χ4n) is 2.08. The molecule has 2 N–H and O–H groups in total. The van der Waals surface area contributed by atoms with Crippen LogP contribution in [0.1, 0.15) is 12.0 Å². The molecule has 0 saturated carbocycles. The van der Waals surface area contributed by atoms with E-state index in [1.54, 1.807) is 11.0 Å². The van der Waals surface area contributed by atoms with Gasteiger partial charge in [-0.25, -0.2) is 0 Å². The highest BCUT2D eigenvalue weighted by Gasteiger charge is 2.32. The Kier molecular flexibility index (Phi) is 4.05. The molecule has 1 heterocycles. The molecule has 1 amide bonds. The second kappa shape index (κ2) is 5.39. The number of halogens is 2. The predicted octanol–water partition coefficient (Wildman–Crippen LogP) is 2.39. The fraction of sp³-hybridized carbons (Fsp3) is 0.333. The smallest absolute Gasteiger partial charge is 0.227 e. The summed E-state index contributed by atoms with van der Waals surface area (Å²) in [6.45, 7) is 1.06. The molecular formula is C12H11Br2N3O. The highest BCUT2D eigenvalue weighted by atomic mass is 79.9. The molecule has 1 saturated heterocycles. The van der Waals surface area contributed by atoms with Gasteiger partial charge in [0.05, 0.1) is 11.3 Å². The lowest BCUT2D eigenvalue weighted by Gasteiger charge is -2.20. The van der Waals surface area contributed by atoms with Crippen LogP contribution >= 0.6 is 31.9 Å². The highest BCUT2D eigenvalue weighted by Crippen LogP contribution is 2.36. The summed E-state index contributed by atoms with van der Waals surface area (Å²) >= 11 is 6.74. The van der Waals surface area contributed by atoms with Crippen LogP contribution in [0.4, 0.5) is 5.69 Å². The van der Waals surface area contributed by atoms with Gasteiger partial charge in [-0.15, -0.1) is 0 Å². The van der Waals surface area contributed by atoms with E-state index in [4.69, 9.17) is 5.73 Å². The zero-order chi connectivity index (χ0) is 13.3. The minimum atomic E-state index is 0.0185. The minimum Gasteiger partial charge on any atom is -0.330 e. The van der Waals surface area contributed by atoms with Gasteiger partial charge < -0.3 is 10.6 Å². The van der Waals surface area contributed by atoms with Crippen molar-refractivity contribution in [1.82, 2.24) is 0 Å². The summed E-state index contributed by atoms with van der Waals surface area (Å²) in [4.78, 5) is 13.6. The second-order valence-electron chi connectivity index (χ2n) is 4.21. The maximum absolute atomic E-state index is 12.0. The van der Waals surface area contributed by atoms with Crippen LogP contribution in [0.25, 0.3) is 0 Å². The Morgan fingerprint density at radius 3 is 2.78 bits per heavy atom. The van der Waals surface area contributed by atoms with Gasteiger partial charge >= 0.3 is 0 Å². The van der Waals surface area contributed by atoms with Crippen molar-refractivity contribution in [3.05, 3.63) is 26.6 Å². The Morgan fingerprint density at radius 2 is 2.22 bits per heavy atom. The Balaban J connectivity index is 2.46. The highest BCUT2D eigenvalue weighted by molar-refractivity contribution is 9.11. The first kappa shape index (κ1) is 13.5. The summed E-state index contributed by atoms with van der Waals surface area (Å²) in [5.41, 5.74) is 6.72. The van der Waals surface area contributed by atoms with E-state index in [0.717, 1.165) is 8.95 Å². The standard InChI is InChI=1S/C12H11Br2N3O/c13-9-2-8(5-16)12(10(14)3-9)17-6-7(4-15)1-11(17)18/h2-3,7H,1,4,6,15H2. The van der Waals surface area contributed by atoms with Gasteiger partial charge in [0.1, 0.15) is 6.07 Å². The minimum absolute atomic E-state index is 0.0185. The van der Waals surface area contributed by atoms with Crippen molar-refractivity contribution >= 4 is 43.5 Å². The van der Waals surface area contributed by atoms with E-state index in [1.807, 2.05) is 6.07 Å². The van der Waals surface area contributed by atoms with Crippen LogP contribution in [-0.4, -0.2) is 19.0 Å². The SMILES string of the molecule is N#Cc1cc(Br)cc(Br)c1N1CC(CN)CC1=O. The van der Waals surface area contributed by atoms with Crippen molar-refractivity contribution in [3.63, 3.8) is 0 Å². The third kappa shape index (κ3) is 2.44. The van der Waals surface area contributed by atoms with E-state index in [0.29, 0.717) is 30.8 Å². The fourth-order valence-corrected chi connectivity index (χ4v) is 3.52. The topological polar surface area (TPSA) is 70.1 Å². The number of nitriles is 1. The number of nitrogens with two attached hydrogens (primary N) is 1. The molecule has 2 rings (SSSR count). The van der Waals surface area contributed by atoms with Crippen molar-refractivity contribution < 1.29 is 4.79 Å². The molecule has 18 heavy (non-hydrogen) atoms. The van der Waals surface area contributed by atoms with Crippen molar-refractivity contribution in [2.45, 2.75) is 6.42 Å². The van der Waals surface area contributed by atoms with Crippen LogP contribution in [0.3, 0.4) is 0 Å². The Hall–Kier alpha value is -0.900. The lowest BCUT2D eigenvalue weighted by atomic mass is 10.1. The van der Waals surface area contributed by atoms with Crippen molar-refractivity contribution in [3.8, 4) is 6.07 Å². The van der Waals surface area contributed by atoms with Gasteiger partial charge in [-0.1, -0.05) is 15.9 Å². The van der Waals surface area contributed by atoms with Gasteiger partial charge in [0.15, 0.2) is 0 Å². The predicted molar refractivity (Wildman–Crippen MR) is 76.1 cm³/mol. The number of hydrogen-bond acceptors (Lipinski definition) is 3. The van der Waals surface area contributed by atoms with E-state index in [1.165, 1.54) is 0 Å². The van der Waals surface area contributed by atoms with Crippen molar-refractivity contribution in [2.24, 2.45) is 11.7 Å². The largest absolute Gasteiger partial charge is 0.330 e. The molecular weight excluding hydrogens is 362 g/mol. The molecule has 0 spiro atoms. The molecule has 1 aromatic rings. The number of nitrogens with zero attached hydrogens (tertiary/aromatic N) is 2. The van der Waals surface area contributed by atoms with Crippen LogP contribution in [0.2, 0.25) is 0 Å². The Bertz CT molecular complexity index is 539. The molecule has 1 aliphatic rings. The average Bonchev–Trinajstić information content (AvgIpc) is 2.69. The lowest BCUT2D eigenvalue weighted by Crippen LogP contribution is -2.27. The summed E-state index contributed by atoms with van der Waals surface area (Å²) in [5.74, 6) is 0.185. The van der Waals surface area contributed by atoms with Crippen LogP contribution in [-0.2, 0) is 4.79 Å². The van der Waals surface area contributed by atoms with Crippen LogP contribution in [0.5, 0.6) is 0 Å². The van der Waals surface area contributed by atoms with E-state index in [2.05, 4.69) is 37.9 Å². The molecule has 4 nitrogen and oxygen atoms in total. The maximum Gasteiger partial charge on any atom is 0.227 e. The number of rotatable bonds is 2. The number of anilines is 1. The van der Waals surface area contributed by atoms with Gasteiger partial charge in [-0.3, -0.25) is 4.79 Å². The first-order chi connectivity index (χ1) is 8.56. The first-order valence-corrected chi connectivity index (χ1v) is 7.05. The number of carbonyl (C=O) groups is 1. The molecule has 1 aliphatic heterocycles. The van der Waals surface area contributed by atoms with Crippen LogP contribution < -0.4 is 10.6 Å². The number of benzene rings is 1. The normalized spacial score (nSPS) is 19.1. The molecule has 0 aromatic heterocycles. The zero-order valence-corrected chi connectivity index (χ0v) is 12.7. The molecule has 94 valence electrons. The van der Waals surface area contributed by atoms with Crippen LogP contribution in [0, 0.1) is 17.2 Å². The van der Waals surface area contributed by atoms with E-state index in [9.17, 15) is 10.1 Å².